The average Bonchev–Trinajstić information content (AvgIpc) is 2.47. The van der Waals surface area contributed by atoms with E-state index >= 15 is 0 Å². The summed E-state index contributed by atoms with van der Waals surface area (Å²) in [6.07, 6.45) is 6.93. The second kappa shape index (κ2) is 5.43. The molecule has 0 aliphatic carbocycles. The molecule has 1 aliphatic rings. The van der Waals surface area contributed by atoms with Crippen LogP contribution >= 0.6 is 0 Å². The van der Waals surface area contributed by atoms with Gasteiger partial charge in [0.05, 0.1) is 11.5 Å². The Balaban J connectivity index is 2.31. The molecule has 1 aliphatic heterocycles. The van der Waals surface area contributed by atoms with E-state index in [9.17, 15) is 4.79 Å². The molecular formula is C17H21NO. The van der Waals surface area contributed by atoms with Crippen molar-refractivity contribution in [1.29, 1.82) is 0 Å². The number of benzene rings is 1. The summed E-state index contributed by atoms with van der Waals surface area (Å²) >= 11 is 0. The second-order valence-corrected chi connectivity index (χ2v) is 5.50. The molecule has 0 aromatic heterocycles. The highest BCUT2D eigenvalue weighted by molar-refractivity contribution is 5.84. The van der Waals surface area contributed by atoms with Gasteiger partial charge in [-0.15, -0.1) is 6.58 Å². The zero-order chi connectivity index (χ0) is 13.9. The fraction of sp³-hybridized carbons (Fsp3) is 0.353. The molecule has 0 saturated heterocycles. The van der Waals surface area contributed by atoms with Gasteiger partial charge in [-0.25, -0.2) is 0 Å². The molecule has 100 valence electrons. The van der Waals surface area contributed by atoms with Crippen molar-refractivity contribution in [2.75, 3.05) is 6.54 Å². The summed E-state index contributed by atoms with van der Waals surface area (Å²) in [5, 5.41) is 0. The number of hydrogen-bond donors (Lipinski definition) is 0. The number of carbonyl (C=O) groups excluding carboxylic acids is 1. The summed E-state index contributed by atoms with van der Waals surface area (Å²) in [5.41, 5.74) is 0.643. The topological polar surface area (TPSA) is 20.3 Å². The van der Waals surface area contributed by atoms with Gasteiger partial charge in [-0.3, -0.25) is 4.79 Å². The van der Waals surface area contributed by atoms with E-state index in [1.807, 2.05) is 36.9 Å². The monoisotopic (exact) mass is 255 g/mol. The Morgan fingerprint density at radius 2 is 2.05 bits per heavy atom. The van der Waals surface area contributed by atoms with Crippen LogP contribution in [0.25, 0.3) is 0 Å². The third kappa shape index (κ3) is 2.78. The summed E-state index contributed by atoms with van der Waals surface area (Å²) in [5.74, 6) is 0.140. The lowest BCUT2D eigenvalue weighted by Crippen LogP contribution is -2.43. The Hall–Kier alpha value is -1.83. The first-order valence-corrected chi connectivity index (χ1v) is 6.72. The van der Waals surface area contributed by atoms with E-state index in [2.05, 4.69) is 30.9 Å². The Bertz CT molecular complexity index is 487. The number of hydrogen-bond acceptors (Lipinski definition) is 1. The van der Waals surface area contributed by atoms with Crippen molar-refractivity contribution >= 4 is 5.91 Å². The Labute approximate surface area is 115 Å². The maximum Gasteiger partial charge on any atom is 0.232 e. The molecular weight excluding hydrogens is 234 g/mol. The first-order chi connectivity index (χ1) is 9.06. The van der Waals surface area contributed by atoms with Gasteiger partial charge in [-0.05, 0) is 25.8 Å². The van der Waals surface area contributed by atoms with Crippen molar-refractivity contribution in [3.8, 4) is 0 Å². The Morgan fingerprint density at radius 3 is 2.68 bits per heavy atom. The van der Waals surface area contributed by atoms with Gasteiger partial charge in [0, 0.05) is 6.54 Å². The van der Waals surface area contributed by atoms with Crippen LogP contribution in [0, 0.1) is 5.41 Å². The minimum atomic E-state index is -0.516. The van der Waals surface area contributed by atoms with Gasteiger partial charge < -0.3 is 4.90 Å². The smallest absolute Gasteiger partial charge is 0.232 e. The predicted molar refractivity (Wildman–Crippen MR) is 78.6 cm³/mol. The molecule has 0 spiro atoms. The van der Waals surface area contributed by atoms with Gasteiger partial charge in [0.1, 0.15) is 0 Å². The normalized spacial score (nSPS) is 19.3. The van der Waals surface area contributed by atoms with Gasteiger partial charge in [-0.2, -0.15) is 0 Å². The fourth-order valence-corrected chi connectivity index (χ4v) is 2.31. The minimum absolute atomic E-state index is 0.0432. The van der Waals surface area contributed by atoms with Crippen molar-refractivity contribution in [3.05, 3.63) is 60.7 Å². The van der Waals surface area contributed by atoms with E-state index in [4.69, 9.17) is 0 Å². The molecule has 0 bridgehead atoms. The highest BCUT2D eigenvalue weighted by Gasteiger charge is 2.33. The highest BCUT2D eigenvalue weighted by Crippen LogP contribution is 2.31. The second-order valence-electron chi connectivity index (χ2n) is 5.50. The van der Waals surface area contributed by atoms with Crippen LogP contribution in [0.5, 0.6) is 0 Å². The van der Waals surface area contributed by atoms with E-state index in [0.29, 0.717) is 0 Å². The molecule has 1 amide bonds. The Kier molecular flexibility index (Phi) is 3.89. The van der Waals surface area contributed by atoms with Crippen LogP contribution in [0.15, 0.2) is 55.1 Å². The average molecular weight is 255 g/mol. The van der Waals surface area contributed by atoms with E-state index in [1.54, 1.807) is 6.08 Å². The molecule has 0 N–H and O–H groups in total. The van der Waals surface area contributed by atoms with E-state index < -0.39 is 5.41 Å². The van der Waals surface area contributed by atoms with Crippen LogP contribution in [-0.4, -0.2) is 17.4 Å². The van der Waals surface area contributed by atoms with Crippen LogP contribution in [0.3, 0.4) is 0 Å². The van der Waals surface area contributed by atoms with Crippen molar-refractivity contribution in [1.82, 2.24) is 4.90 Å². The molecule has 0 radical (unpaired) electrons. The van der Waals surface area contributed by atoms with Gasteiger partial charge in [0.15, 0.2) is 0 Å². The molecule has 0 fully saturated rings. The lowest BCUT2D eigenvalue weighted by molar-refractivity contribution is -0.139. The molecule has 1 atom stereocenters. The van der Waals surface area contributed by atoms with Crippen molar-refractivity contribution in [2.24, 2.45) is 5.41 Å². The molecule has 1 aromatic carbocycles. The van der Waals surface area contributed by atoms with Crippen molar-refractivity contribution in [2.45, 2.75) is 26.3 Å². The van der Waals surface area contributed by atoms with E-state index in [0.717, 1.165) is 18.5 Å². The van der Waals surface area contributed by atoms with Crippen LogP contribution in [0.1, 0.15) is 31.9 Å². The third-order valence-electron chi connectivity index (χ3n) is 3.65. The number of rotatable bonds is 3. The standard InChI is InChI=1S/C17H21NO/c1-4-17(2,3)16(19)18-13-9-8-12-15(18)14-10-6-5-7-11-14/h4-8,10-12,15H,1,9,13H2,2-3H3/t15-/m0/s1. The summed E-state index contributed by atoms with van der Waals surface area (Å²) in [6.45, 7) is 8.39. The van der Waals surface area contributed by atoms with Crippen molar-refractivity contribution < 1.29 is 4.79 Å². The fourth-order valence-electron chi connectivity index (χ4n) is 2.31. The first-order valence-electron chi connectivity index (χ1n) is 6.72. The van der Waals surface area contributed by atoms with Crippen LogP contribution in [0.2, 0.25) is 0 Å². The molecule has 1 heterocycles. The SMILES string of the molecule is C=CC(C)(C)C(=O)N1CCC=C[C@H]1c1ccccc1. The molecule has 2 heteroatoms. The predicted octanol–water partition coefficient (Wildman–Crippen LogP) is 3.73. The van der Waals surface area contributed by atoms with Gasteiger partial charge in [-0.1, -0.05) is 48.6 Å². The molecule has 19 heavy (non-hydrogen) atoms. The van der Waals surface area contributed by atoms with Gasteiger partial charge in [0.2, 0.25) is 5.91 Å². The molecule has 2 rings (SSSR count). The van der Waals surface area contributed by atoms with Crippen molar-refractivity contribution in [3.63, 3.8) is 0 Å². The van der Waals surface area contributed by atoms with Gasteiger partial charge in [0.25, 0.3) is 0 Å². The lowest BCUT2D eigenvalue weighted by atomic mass is 9.89. The van der Waals surface area contributed by atoms with Crippen LogP contribution < -0.4 is 0 Å². The van der Waals surface area contributed by atoms with Crippen LogP contribution in [-0.2, 0) is 4.79 Å². The zero-order valence-corrected chi connectivity index (χ0v) is 11.7. The summed E-state index contributed by atoms with van der Waals surface area (Å²) in [4.78, 5) is 14.6. The summed E-state index contributed by atoms with van der Waals surface area (Å²) in [7, 11) is 0. The molecule has 2 nitrogen and oxygen atoms in total. The molecule has 1 aromatic rings. The largest absolute Gasteiger partial charge is 0.331 e. The lowest BCUT2D eigenvalue weighted by Gasteiger charge is -2.37. The summed E-state index contributed by atoms with van der Waals surface area (Å²) < 4.78 is 0. The zero-order valence-electron chi connectivity index (χ0n) is 11.7. The maximum atomic E-state index is 12.7. The molecule has 0 saturated carbocycles. The third-order valence-corrected chi connectivity index (χ3v) is 3.65. The minimum Gasteiger partial charge on any atom is -0.331 e. The van der Waals surface area contributed by atoms with Gasteiger partial charge >= 0.3 is 0 Å². The maximum absolute atomic E-state index is 12.7. The van der Waals surface area contributed by atoms with Crippen LogP contribution in [0.4, 0.5) is 0 Å². The van der Waals surface area contributed by atoms with E-state index in [-0.39, 0.29) is 11.9 Å². The number of nitrogens with zero attached hydrogens (tertiary/aromatic N) is 1. The Morgan fingerprint density at radius 1 is 1.37 bits per heavy atom. The highest BCUT2D eigenvalue weighted by atomic mass is 16.2. The number of amides is 1. The van der Waals surface area contributed by atoms with E-state index in [1.165, 1.54) is 0 Å². The number of carbonyl (C=O) groups is 1. The quantitative estimate of drug-likeness (QED) is 0.754. The summed E-state index contributed by atoms with van der Waals surface area (Å²) in [6, 6.07) is 10.2. The first kappa shape index (κ1) is 13.6. The molecule has 0 unspecified atom stereocenters.